The highest BCUT2D eigenvalue weighted by Crippen LogP contribution is 2.21. The van der Waals surface area contributed by atoms with E-state index < -0.39 is 14.9 Å². The molecule has 29 heavy (non-hydrogen) atoms. The number of imidazole rings is 1. The quantitative estimate of drug-likeness (QED) is 0.475. The fraction of sp³-hybridized carbons (Fsp3) is 0.278. The maximum Gasteiger partial charge on any atom is 0.323 e. The first-order chi connectivity index (χ1) is 13.8. The third-order valence-corrected chi connectivity index (χ3v) is 6.90. The molecule has 152 valence electrons. The summed E-state index contributed by atoms with van der Waals surface area (Å²) in [5.41, 5.74) is 1.61. The summed E-state index contributed by atoms with van der Waals surface area (Å²) in [6.07, 6.45) is 0. The van der Waals surface area contributed by atoms with Crippen LogP contribution in [0.1, 0.15) is 5.56 Å². The number of benzene rings is 2. The van der Waals surface area contributed by atoms with Crippen LogP contribution in [0.5, 0.6) is 0 Å². The van der Waals surface area contributed by atoms with Crippen molar-refractivity contribution in [3.8, 4) is 0 Å². The monoisotopic (exact) mass is 417 g/mol. The minimum atomic E-state index is -3.66. The molecule has 0 saturated carbocycles. The van der Waals surface area contributed by atoms with Gasteiger partial charge in [0.05, 0.1) is 20.9 Å². The number of aromatic nitrogens is 2. The minimum Gasteiger partial charge on any atom is -0.306 e. The average Bonchev–Trinajstić information content (AvgIpc) is 3.08. The molecule has 0 radical (unpaired) electrons. The number of hydrogen-bond acceptors (Lipinski definition) is 6. The van der Waals surface area contributed by atoms with Crippen molar-refractivity contribution in [1.82, 2.24) is 19.2 Å². The Morgan fingerprint density at radius 2 is 1.62 bits per heavy atom. The largest absolute Gasteiger partial charge is 0.323 e. The lowest BCUT2D eigenvalue weighted by Gasteiger charge is -2.34. The third-order valence-electron chi connectivity index (χ3n) is 5.01. The van der Waals surface area contributed by atoms with E-state index in [1.165, 1.54) is 28.6 Å². The number of sulfonamides is 1. The number of nitrogens with zero attached hydrogens (tertiary/aromatic N) is 3. The Hall–Kier alpha value is -3.02. The fourth-order valence-electron chi connectivity index (χ4n) is 3.43. The number of nitrogens with one attached hydrogen (secondary N) is 2. The van der Waals surface area contributed by atoms with Crippen LogP contribution in [0.4, 0.5) is 5.69 Å². The zero-order valence-corrected chi connectivity index (χ0v) is 16.2. The van der Waals surface area contributed by atoms with E-state index in [0.29, 0.717) is 43.8 Å². The Labute approximate surface area is 166 Å². The number of fused-ring (bicyclic) bond motifs is 1. The van der Waals surface area contributed by atoms with Gasteiger partial charge >= 0.3 is 5.69 Å². The minimum absolute atomic E-state index is 0.0467. The summed E-state index contributed by atoms with van der Waals surface area (Å²) in [5.74, 6) is 0. The second-order valence-corrected chi connectivity index (χ2v) is 8.83. The molecule has 1 fully saturated rings. The molecule has 1 aliphatic rings. The van der Waals surface area contributed by atoms with E-state index in [2.05, 4.69) is 14.9 Å². The molecular formula is C18H19N5O5S. The first kappa shape index (κ1) is 19.3. The van der Waals surface area contributed by atoms with E-state index in [-0.39, 0.29) is 16.3 Å². The van der Waals surface area contributed by atoms with Crippen LogP contribution < -0.4 is 5.69 Å². The van der Waals surface area contributed by atoms with Gasteiger partial charge in [0.25, 0.3) is 5.69 Å². The van der Waals surface area contributed by atoms with Crippen LogP contribution >= 0.6 is 0 Å². The molecule has 4 rings (SSSR count). The Balaban J connectivity index is 1.42. The first-order valence-electron chi connectivity index (χ1n) is 9.01. The van der Waals surface area contributed by atoms with Crippen molar-refractivity contribution < 1.29 is 13.3 Å². The number of aromatic amines is 2. The lowest BCUT2D eigenvalue weighted by Crippen LogP contribution is -2.48. The van der Waals surface area contributed by atoms with Gasteiger partial charge in [-0.15, -0.1) is 0 Å². The second-order valence-electron chi connectivity index (χ2n) is 6.89. The Morgan fingerprint density at radius 1 is 0.966 bits per heavy atom. The van der Waals surface area contributed by atoms with Gasteiger partial charge in [-0.1, -0.05) is 12.1 Å². The molecule has 0 spiro atoms. The van der Waals surface area contributed by atoms with Crippen LogP contribution in [-0.4, -0.2) is 58.7 Å². The van der Waals surface area contributed by atoms with Crippen LogP contribution in [0, 0.1) is 10.1 Å². The Morgan fingerprint density at radius 3 is 2.28 bits per heavy atom. The molecule has 1 aliphatic heterocycles. The van der Waals surface area contributed by atoms with E-state index in [1.807, 2.05) is 0 Å². The number of piperazine rings is 1. The zero-order valence-electron chi connectivity index (χ0n) is 15.4. The van der Waals surface area contributed by atoms with Gasteiger partial charge in [-0.3, -0.25) is 15.0 Å². The van der Waals surface area contributed by atoms with E-state index in [0.717, 1.165) is 5.56 Å². The number of nitro benzene ring substituents is 1. The van der Waals surface area contributed by atoms with E-state index in [9.17, 15) is 23.3 Å². The van der Waals surface area contributed by atoms with Gasteiger partial charge in [-0.25, -0.2) is 13.2 Å². The molecular weight excluding hydrogens is 398 g/mol. The van der Waals surface area contributed by atoms with Crippen molar-refractivity contribution in [2.45, 2.75) is 11.4 Å². The lowest BCUT2D eigenvalue weighted by molar-refractivity contribution is -0.384. The predicted octanol–water partition coefficient (Wildman–Crippen LogP) is 1.27. The van der Waals surface area contributed by atoms with E-state index >= 15 is 0 Å². The normalized spacial score (nSPS) is 16.3. The van der Waals surface area contributed by atoms with Crippen molar-refractivity contribution in [1.29, 1.82) is 0 Å². The van der Waals surface area contributed by atoms with Gasteiger partial charge in [0.2, 0.25) is 10.0 Å². The molecule has 2 N–H and O–H groups in total. The van der Waals surface area contributed by atoms with Gasteiger partial charge in [0.15, 0.2) is 0 Å². The molecule has 1 saturated heterocycles. The van der Waals surface area contributed by atoms with Gasteiger partial charge < -0.3 is 9.97 Å². The van der Waals surface area contributed by atoms with Crippen LogP contribution in [0.3, 0.4) is 0 Å². The summed E-state index contributed by atoms with van der Waals surface area (Å²) < 4.78 is 27.3. The summed E-state index contributed by atoms with van der Waals surface area (Å²) in [6.45, 7) is 2.40. The van der Waals surface area contributed by atoms with E-state index in [1.54, 1.807) is 18.2 Å². The molecule has 1 aromatic heterocycles. The van der Waals surface area contributed by atoms with Gasteiger partial charge in [0.1, 0.15) is 0 Å². The molecule has 2 heterocycles. The van der Waals surface area contributed by atoms with Gasteiger partial charge in [0, 0.05) is 44.9 Å². The Bertz CT molecular complexity index is 1210. The highest BCUT2D eigenvalue weighted by molar-refractivity contribution is 7.89. The maximum absolute atomic E-state index is 12.9. The maximum atomic E-state index is 12.9. The van der Waals surface area contributed by atoms with Crippen LogP contribution in [0.2, 0.25) is 0 Å². The van der Waals surface area contributed by atoms with Crippen LogP contribution in [0.25, 0.3) is 11.0 Å². The standard InChI is InChI=1S/C18H19N5O5S/c24-18-19-16-6-5-15(11-17(16)20-18)29(27,28)22-9-7-21(8-10-22)12-13-1-3-14(4-2-13)23(25)26/h1-6,11H,7-10,12H2,(H2,19,20,24). The summed E-state index contributed by atoms with van der Waals surface area (Å²) in [6, 6.07) is 10.9. The van der Waals surface area contributed by atoms with Crippen LogP contribution in [0.15, 0.2) is 52.2 Å². The number of rotatable bonds is 5. The molecule has 0 bridgehead atoms. The van der Waals surface area contributed by atoms with Gasteiger partial charge in [-0.2, -0.15) is 4.31 Å². The third kappa shape index (κ3) is 3.92. The average molecular weight is 417 g/mol. The summed E-state index contributed by atoms with van der Waals surface area (Å²) in [5, 5.41) is 10.7. The number of nitro groups is 1. The first-order valence-corrected chi connectivity index (χ1v) is 10.4. The molecule has 0 atom stereocenters. The number of non-ortho nitro benzene ring substituents is 1. The predicted molar refractivity (Wildman–Crippen MR) is 106 cm³/mol. The molecule has 0 aliphatic carbocycles. The molecule has 0 unspecified atom stereocenters. The molecule has 3 aromatic rings. The highest BCUT2D eigenvalue weighted by Gasteiger charge is 2.28. The smallest absolute Gasteiger partial charge is 0.306 e. The van der Waals surface area contributed by atoms with Crippen molar-refractivity contribution in [2.24, 2.45) is 0 Å². The molecule has 10 nitrogen and oxygen atoms in total. The summed E-state index contributed by atoms with van der Waals surface area (Å²) >= 11 is 0. The highest BCUT2D eigenvalue weighted by atomic mass is 32.2. The van der Waals surface area contributed by atoms with Crippen molar-refractivity contribution in [3.05, 3.63) is 68.6 Å². The number of H-pyrrole nitrogens is 2. The fourth-order valence-corrected chi connectivity index (χ4v) is 4.88. The molecule has 2 aromatic carbocycles. The molecule has 0 amide bonds. The van der Waals surface area contributed by atoms with E-state index in [4.69, 9.17) is 0 Å². The van der Waals surface area contributed by atoms with Crippen molar-refractivity contribution in [3.63, 3.8) is 0 Å². The summed E-state index contributed by atoms with van der Waals surface area (Å²) in [7, 11) is -3.66. The zero-order chi connectivity index (χ0) is 20.6. The van der Waals surface area contributed by atoms with Crippen molar-refractivity contribution >= 4 is 26.7 Å². The van der Waals surface area contributed by atoms with Crippen LogP contribution in [-0.2, 0) is 16.6 Å². The van der Waals surface area contributed by atoms with Gasteiger partial charge in [-0.05, 0) is 23.8 Å². The number of hydrogen-bond donors (Lipinski definition) is 2. The lowest BCUT2D eigenvalue weighted by atomic mass is 10.2. The second kappa shape index (κ2) is 7.43. The summed E-state index contributed by atoms with van der Waals surface area (Å²) in [4.78, 5) is 29.1. The SMILES string of the molecule is O=c1[nH]c2ccc(S(=O)(=O)N3CCN(Cc4ccc([N+](=O)[O-])cc4)CC3)cc2[nH]1. The molecule has 11 heteroatoms. The Kier molecular flexibility index (Phi) is 4.94. The van der Waals surface area contributed by atoms with Crippen molar-refractivity contribution in [2.75, 3.05) is 26.2 Å². The topological polar surface area (TPSA) is 132 Å².